The number of nitrogens with zero attached hydrogens (tertiary/aromatic N) is 1. The number of hydrogen-bond acceptors (Lipinski definition) is 6. The monoisotopic (exact) mass is 370 g/mol. The van der Waals surface area contributed by atoms with Crippen molar-refractivity contribution in [2.24, 2.45) is 0 Å². The molecule has 142 valence electrons. The molecule has 7 heteroatoms. The van der Waals surface area contributed by atoms with Crippen molar-refractivity contribution in [2.75, 3.05) is 26.1 Å². The predicted octanol–water partition coefficient (Wildman–Crippen LogP) is 3.53. The fraction of sp³-hybridized carbons (Fsp3) is 0.250. The molecule has 0 aliphatic rings. The average molecular weight is 370 g/mol. The highest BCUT2D eigenvalue weighted by Crippen LogP contribution is 2.25. The number of rotatable bonds is 9. The Morgan fingerprint density at radius 1 is 0.963 bits per heavy atom. The van der Waals surface area contributed by atoms with Crippen LogP contribution in [0.4, 0.5) is 5.69 Å². The van der Waals surface area contributed by atoms with Crippen molar-refractivity contribution in [3.05, 3.63) is 66.5 Å². The van der Waals surface area contributed by atoms with Gasteiger partial charge in [0.15, 0.2) is 0 Å². The van der Waals surface area contributed by atoms with Gasteiger partial charge in [-0.2, -0.15) is 0 Å². The van der Waals surface area contributed by atoms with E-state index >= 15 is 0 Å². The molecule has 0 aliphatic heterocycles. The summed E-state index contributed by atoms with van der Waals surface area (Å²) in [7, 11) is 3.13. The lowest BCUT2D eigenvalue weighted by Gasteiger charge is -2.19. The number of benzene rings is 1. The molecule has 1 aromatic carbocycles. The van der Waals surface area contributed by atoms with Gasteiger partial charge in [0, 0.05) is 23.9 Å². The first-order valence-electron chi connectivity index (χ1n) is 8.46. The van der Waals surface area contributed by atoms with Crippen LogP contribution in [0.2, 0.25) is 0 Å². The summed E-state index contributed by atoms with van der Waals surface area (Å²) in [5.74, 6) is 2.60. The highest BCUT2D eigenvalue weighted by Gasteiger charge is 2.15. The van der Waals surface area contributed by atoms with Crippen molar-refractivity contribution in [3.8, 4) is 11.5 Å². The van der Waals surface area contributed by atoms with Crippen molar-refractivity contribution < 1.29 is 23.1 Å². The van der Waals surface area contributed by atoms with E-state index in [-0.39, 0.29) is 12.5 Å². The number of hydrogen-bond donors (Lipinski definition) is 1. The van der Waals surface area contributed by atoms with Crippen LogP contribution in [0.3, 0.4) is 0 Å². The van der Waals surface area contributed by atoms with E-state index in [1.54, 1.807) is 44.9 Å². The van der Waals surface area contributed by atoms with Gasteiger partial charge in [-0.3, -0.25) is 9.69 Å². The minimum Gasteiger partial charge on any atom is -0.497 e. The van der Waals surface area contributed by atoms with E-state index in [2.05, 4.69) is 5.32 Å². The molecule has 27 heavy (non-hydrogen) atoms. The quantitative estimate of drug-likeness (QED) is 0.621. The molecule has 1 amide bonds. The largest absolute Gasteiger partial charge is 0.497 e. The number of methoxy groups -OCH3 is 2. The molecule has 2 aromatic heterocycles. The number of carbonyl (C=O) groups is 1. The van der Waals surface area contributed by atoms with Crippen LogP contribution in [-0.2, 0) is 17.9 Å². The van der Waals surface area contributed by atoms with Crippen molar-refractivity contribution in [2.45, 2.75) is 13.1 Å². The maximum atomic E-state index is 12.6. The van der Waals surface area contributed by atoms with Crippen LogP contribution in [-0.4, -0.2) is 31.6 Å². The molecule has 0 saturated heterocycles. The van der Waals surface area contributed by atoms with Gasteiger partial charge in [0.25, 0.3) is 0 Å². The third-order valence-electron chi connectivity index (χ3n) is 3.92. The Labute approximate surface area is 157 Å². The number of amides is 1. The second kappa shape index (κ2) is 8.95. The molecule has 0 aliphatic carbocycles. The van der Waals surface area contributed by atoms with Crippen LogP contribution in [0, 0.1) is 0 Å². The highest BCUT2D eigenvalue weighted by atomic mass is 16.5. The maximum absolute atomic E-state index is 12.6. The molecular formula is C20H22N2O5. The smallest absolute Gasteiger partial charge is 0.238 e. The van der Waals surface area contributed by atoms with Gasteiger partial charge < -0.3 is 23.6 Å². The van der Waals surface area contributed by atoms with E-state index in [9.17, 15) is 4.79 Å². The fourth-order valence-corrected chi connectivity index (χ4v) is 2.70. The second-order valence-electron chi connectivity index (χ2n) is 5.95. The molecule has 3 aromatic rings. The van der Waals surface area contributed by atoms with Gasteiger partial charge in [-0.25, -0.2) is 0 Å². The van der Waals surface area contributed by atoms with Crippen LogP contribution in [0.25, 0.3) is 0 Å². The Balaban J connectivity index is 1.68. The number of furan rings is 2. The lowest BCUT2D eigenvalue weighted by atomic mass is 10.2. The summed E-state index contributed by atoms with van der Waals surface area (Å²) in [4.78, 5) is 14.5. The SMILES string of the molecule is COc1cc(NC(=O)CN(Cc2ccco2)Cc2ccco2)cc(OC)c1. The number of nitrogens with one attached hydrogen (secondary N) is 1. The average Bonchev–Trinajstić information content (AvgIpc) is 3.35. The van der Waals surface area contributed by atoms with E-state index in [0.717, 1.165) is 11.5 Å². The summed E-state index contributed by atoms with van der Waals surface area (Å²) in [6.07, 6.45) is 3.23. The Bertz CT molecular complexity index is 785. The number of anilines is 1. The molecule has 0 spiro atoms. The minimum atomic E-state index is -0.164. The van der Waals surface area contributed by atoms with E-state index in [0.29, 0.717) is 30.3 Å². The van der Waals surface area contributed by atoms with Crippen LogP contribution < -0.4 is 14.8 Å². The second-order valence-corrected chi connectivity index (χ2v) is 5.95. The van der Waals surface area contributed by atoms with Crippen molar-refractivity contribution >= 4 is 11.6 Å². The summed E-state index contributed by atoms with van der Waals surface area (Å²) < 4.78 is 21.3. The first-order valence-corrected chi connectivity index (χ1v) is 8.46. The van der Waals surface area contributed by atoms with Crippen LogP contribution in [0.1, 0.15) is 11.5 Å². The zero-order valence-corrected chi connectivity index (χ0v) is 15.3. The van der Waals surface area contributed by atoms with E-state index in [4.69, 9.17) is 18.3 Å². The summed E-state index contributed by atoms with van der Waals surface area (Å²) in [5, 5.41) is 2.88. The van der Waals surface area contributed by atoms with Gasteiger partial charge in [0.2, 0.25) is 5.91 Å². The van der Waals surface area contributed by atoms with Gasteiger partial charge in [0.05, 0.1) is 46.4 Å². The van der Waals surface area contributed by atoms with Gasteiger partial charge in [0.1, 0.15) is 23.0 Å². The van der Waals surface area contributed by atoms with E-state index in [1.807, 2.05) is 29.2 Å². The normalized spacial score (nSPS) is 10.8. The number of carbonyl (C=O) groups excluding carboxylic acids is 1. The topological polar surface area (TPSA) is 77.1 Å². The first kappa shape index (κ1) is 18.6. The van der Waals surface area contributed by atoms with Gasteiger partial charge in [-0.1, -0.05) is 0 Å². The van der Waals surface area contributed by atoms with Crippen molar-refractivity contribution in [1.82, 2.24) is 4.90 Å². The third-order valence-corrected chi connectivity index (χ3v) is 3.92. The molecule has 0 radical (unpaired) electrons. The first-order chi connectivity index (χ1) is 13.2. The molecule has 2 heterocycles. The van der Waals surface area contributed by atoms with Crippen molar-refractivity contribution in [3.63, 3.8) is 0 Å². The number of ether oxygens (including phenoxy) is 2. The molecule has 1 N–H and O–H groups in total. The lowest BCUT2D eigenvalue weighted by Crippen LogP contribution is -2.32. The lowest BCUT2D eigenvalue weighted by molar-refractivity contribution is -0.117. The summed E-state index contributed by atoms with van der Waals surface area (Å²) in [6, 6.07) is 12.6. The molecule has 0 saturated carbocycles. The summed E-state index contributed by atoms with van der Waals surface area (Å²) >= 11 is 0. The van der Waals surface area contributed by atoms with Crippen molar-refractivity contribution in [1.29, 1.82) is 0 Å². The van der Waals surface area contributed by atoms with Gasteiger partial charge >= 0.3 is 0 Å². The highest BCUT2D eigenvalue weighted by molar-refractivity contribution is 5.92. The molecule has 0 bridgehead atoms. The predicted molar refractivity (Wildman–Crippen MR) is 99.7 cm³/mol. The maximum Gasteiger partial charge on any atom is 0.238 e. The Hall–Kier alpha value is -3.19. The zero-order valence-electron chi connectivity index (χ0n) is 15.3. The molecular weight excluding hydrogens is 348 g/mol. The Morgan fingerprint density at radius 2 is 1.52 bits per heavy atom. The molecule has 3 rings (SSSR count). The van der Waals surface area contributed by atoms with Crippen LogP contribution in [0.15, 0.2) is 63.8 Å². The van der Waals surface area contributed by atoms with Gasteiger partial charge in [-0.15, -0.1) is 0 Å². The molecule has 0 unspecified atom stereocenters. The van der Waals surface area contributed by atoms with E-state index in [1.165, 1.54) is 0 Å². The zero-order chi connectivity index (χ0) is 19.1. The van der Waals surface area contributed by atoms with E-state index < -0.39 is 0 Å². The Kier molecular flexibility index (Phi) is 6.17. The van der Waals surface area contributed by atoms with Crippen LogP contribution >= 0.6 is 0 Å². The molecule has 0 atom stereocenters. The standard InChI is InChI=1S/C20H22N2O5/c1-24-18-9-15(10-19(11-18)25-2)21-20(23)14-22(12-16-5-3-7-26-16)13-17-6-4-8-27-17/h3-11H,12-14H2,1-2H3,(H,21,23). The minimum absolute atomic E-state index is 0.164. The molecule has 0 fully saturated rings. The summed E-state index contributed by atoms with van der Waals surface area (Å²) in [5.41, 5.74) is 0.604. The summed E-state index contributed by atoms with van der Waals surface area (Å²) in [6.45, 7) is 1.14. The molecule has 7 nitrogen and oxygen atoms in total. The fourth-order valence-electron chi connectivity index (χ4n) is 2.70. The van der Waals surface area contributed by atoms with Crippen LogP contribution in [0.5, 0.6) is 11.5 Å². The van der Waals surface area contributed by atoms with Gasteiger partial charge in [-0.05, 0) is 24.3 Å². The Morgan fingerprint density at radius 3 is 1.96 bits per heavy atom. The third kappa shape index (κ3) is 5.39.